The molecular weight excluding hydrogens is 372 g/mol. The molecule has 6 nitrogen and oxygen atoms in total. The van der Waals surface area contributed by atoms with Gasteiger partial charge in [0, 0.05) is 46.4 Å². The van der Waals surface area contributed by atoms with Gasteiger partial charge in [0.1, 0.15) is 5.82 Å². The van der Waals surface area contributed by atoms with Crippen molar-refractivity contribution in [1.29, 1.82) is 0 Å². The highest BCUT2D eigenvalue weighted by Crippen LogP contribution is 2.37. The van der Waals surface area contributed by atoms with Crippen LogP contribution in [0.1, 0.15) is 55.6 Å². The summed E-state index contributed by atoms with van der Waals surface area (Å²) < 4.78 is 0. The highest BCUT2D eigenvalue weighted by molar-refractivity contribution is 5.93. The Bertz CT molecular complexity index is 1180. The molecule has 1 unspecified atom stereocenters. The van der Waals surface area contributed by atoms with Gasteiger partial charge >= 0.3 is 0 Å². The standard InChI is InChI=1S/C24H28N6/c1-14(2)21-19-12-17(23-28-24(30-29-23)18-5-4-9-25-13-18)6-7-20(19)27-22(21)16-8-10-26-15(3)11-16/h6-8,10-12,14,18,25,27H,4-5,9,13H2,1-3H3,(H,28,29,30). The monoisotopic (exact) mass is 400 g/mol. The van der Waals surface area contributed by atoms with Gasteiger partial charge < -0.3 is 15.3 Å². The average molecular weight is 401 g/mol. The van der Waals surface area contributed by atoms with Gasteiger partial charge in [-0.3, -0.25) is 4.98 Å². The third kappa shape index (κ3) is 3.41. The number of hydrogen-bond acceptors (Lipinski definition) is 4. The zero-order chi connectivity index (χ0) is 20.7. The molecule has 6 heteroatoms. The van der Waals surface area contributed by atoms with Crippen molar-refractivity contribution >= 4 is 10.9 Å². The molecule has 1 atom stereocenters. The van der Waals surface area contributed by atoms with Gasteiger partial charge in [-0.25, -0.2) is 0 Å². The molecule has 1 aliphatic heterocycles. The molecule has 5 rings (SSSR count). The van der Waals surface area contributed by atoms with E-state index in [-0.39, 0.29) is 0 Å². The Morgan fingerprint density at radius 1 is 1.03 bits per heavy atom. The molecule has 0 bridgehead atoms. The number of fused-ring (bicyclic) bond motifs is 1. The number of nitrogens with zero attached hydrogens (tertiary/aromatic N) is 3. The lowest BCUT2D eigenvalue weighted by molar-refractivity contribution is 0.447. The van der Waals surface area contributed by atoms with Gasteiger partial charge in [0.05, 0.1) is 5.69 Å². The highest BCUT2D eigenvalue weighted by atomic mass is 15.2. The molecule has 3 aromatic heterocycles. The van der Waals surface area contributed by atoms with E-state index in [1.54, 1.807) is 0 Å². The van der Waals surface area contributed by atoms with Gasteiger partial charge in [-0.1, -0.05) is 13.8 Å². The Kier molecular flexibility index (Phi) is 4.87. The fourth-order valence-electron chi connectivity index (χ4n) is 4.56. The van der Waals surface area contributed by atoms with Crippen molar-refractivity contribution in [3.63, 3.8) is 0 Å². The van der Waals surface area contributed by atoms with E-state index < -0.39 is 0 Å². The van der Waals surface area contributed by atoms with Gasteiger partial charge in [-0.15, -0.1) is 10.2 Å². The number of pyridine rings is 1. The fraction of sp³-hybridized carbons (Fsp3) is 0.375. The average Bonchev–Trinajstić information content (AvgIpc) is 3.39. The maximum Gasteiger partial charge on any atom is 0.161 e. The Labute approximate surface area is 176 Å². The van der Waals surface area contributed by atoms with Crippen LogP contribution in [0.4, 0.5) is 0 Å². The maximum absolute atomic E-state index is 4.47. The number of aromatic nitrogens is 5. The van der Waals surface area contributed by atoms with E-state index in [1.165, 1.54) is 28.6 Å². The quantitative estimate of drug-likeness (QED) is 0.454. The van der Waals surface area contributed by atoms with Crippen LogP contribution in [0.15, 0.2) is 36.5 Å². The minimum absolute atomic E-state index is 0.385. The molecule has 1 aromatic carbocycles. The SMILES string of the molecule is Cc1cc(-c2[nH]c3ccc(-c4nnc(C5CCCNC5)[nH]4)cc3c2C(C)C)ccn1. The van der Waals surface area contributed by atoms with Crippen molar-refractivity contribution in [2.24, 2.45) is 0 Å². The summed E-state index contributed by atoms with van der Waals surface area (Å²) in [5.74, 6) is 2.64. The van der Waals surface area contributed by atoms with E-state index in [4.69, 9.17) is 0 Å². The second kappa shape index (κ2) is 7.69. The first-order chi connectivity index (χ1) is 14.6. The molecule has 1 aliphatic rings. The number of H-pyrrole nitrogens is 2. The van der Waals surface area contributed by atoms with Gasteiger partial charge in [-0.05, 0) is 68.1 Å². The second-order valence-corrected chi connectivity index (χ2v) is 8.62. The van der Waals surface area contributed by atoms with Crippen LogP contribution in [-0.2, 0) is 0 Å². The molecular formula is C24H28N6. The number of nitrogens with one attached hydrogen (secondary N) is 3. The van der Waals surface area contributed by atoms with E-state index in [0.717, 1.165) is 47.9 Å². The van der Waals surface area contributed by atoms with Crippen LogP contribution in [0.3, 0.4) is 0 Å². The summed E-state index contributed by atoms with van der Waals surface area (Å²) in [6, 6.07) is 10.7. The lowest BCUT2D eigenvalue weighted by atomic mass is 9.95. The molecule has 4 aromatic rings. The molecule has 0 spiro atoms. The molecule has 1 fully saturated rings. The Balaban J connectivity index is 1.57. The van der Waals surface area contributed by atoms with Gasteiger partial charge in [0.15, 0.2) is 5.82 Å². The van der Waals surface area contributed by atoms with Crippen molar-refractivity contribution in [1.82, 2.24) is 30.5 Å². The van der Waals surface area contributed by atoms with Gasteiger partial charge in [-0.2, -0.15) is 0 Å². The molecule has 0 amide bonds. The number of benzene rings is 1. The van der Waals surface area contributed by atoms with Crippen LogP contribution in [0.5, 0.6) is 0 Å². The van der Waals surface area contributed by atoms with Crippen molar-refractivity contribution in [3.8, 4) is 22.6 Å². The van der Waals surface area contributed by atoms with Crippen LogP contribution >= 0.6 is 0 Å². The predicted molar refractivity (Wildman–Crippen MR) is 121 cm³/mol. The minimum atomic E-state index is 0.385. The summed E-state index contributed by atoms with van der Waals surface area (Å²) in [6.45, 7) is 8.59. The number of hydrogen-bond donors (Lipinski definition) is 3. The Morgan fingerprint density at radius 3 is 2.70 bits per heavy atom. The van der Waals surface area contributed by atoms with Crippen LogP contribution in [-0.4, -0.2) is 38.2 Å². The smallest absolute Gasteiger partial charge is 0.161 e. The zero-order valence-electron chi connectivity index (χ0n) is 17.8. The van der Waals surface area contributed by atoms with Crippen LogP contribution in [0.2, 0.25) is 0 Å². The van der Waals surface area contributed by atoms with Gasteiger partial charge in [0.2, 0.25) is 0 Å². The summed E-state index contributed by atoms with van der Waals surface area (Å²) in [4.78, 5) is 11.5. The summed E-state index contributed by atoms with van der Waals surface area (Å²) in [6.07, 6.45) is 4.22. The van der Waals surface area contributed by atoms with Crippen LogP contribution < -0.4 is 5.32 Å². The van der Waals surface area contributed by atoms with Crippen molar-refractivity contribution in [2.75, 3.05) is 13.1 Å². The van der Waals surface area contributed by atoms with E-state index >= 15 is 0 Å². The lowest BCUT2D eigenvalue weighted by Gasteiger charge is -2.20. The number of aromatic amines is 2. The first-order valence-corrected chi connectivity index (χ1v) is 10.8. The third-order valence-corrected chi connectivity index (χ3v) is 6.06. The topological polar surface area (TPSA) is 82.3 Å². The van der Waals surface area contributed by atoms with E-state index in [1.807, 2.05) is 13.1 Å². The van der Waals surface area contributed by atoms with Gasteiger partial charge in [0.25, 0.3) is 0 Å². The molecule has 4 heterocycles. The second-order valence-electron chi connectivity index (χ2n) is 8.62. The van der Waals surface area contributed by atoms with Crippen LogP contribution in [0.25, 0.3) is 33.5 Å². The zero-order valence-corrected chi connectivity index (χ0v) is 17.8. The first-order valence-electron chi connectivity index (χ1n) is 10.8. The summed E-state index contributed by atoms with van der Waals surface area (Å²) in [5, 5.41) is 13.6. The molecule has 0 radical (unpaired) electrons. The highest BCUT2D eigenvalue weighted by Gasteiger charge is 2.21. The minimum Gasteiger partial charge on any atom is -0.354 e. The lowest BCUT2D eigenvalue weighted by Crippen LogP contribution is -2.28. The van der Waals surface area contributed by atoms with Crippen molar-refractivity contribution in [3.05, 3.63) is 53.6 Å². The number of aryl methyl sites for hydroxylation is 1. The van der Waals surface area contributed by atoms with Crippen LogP contribution in [0, 0.1) is 6.92 Å². The Hall–Kier alpha value is -2.99. The normalized spacial score (nSPS) is 17.1. The predicted octanol–water partition coefficient (Wildman–Crippen LogP) is 4.91. The first kappa shape index (κ1) is 19.0. The van der Waals surface area contributed by atoms with Crippen molar-refractivity contribution in [2.45, 2.75) is 45.4 Å². The number of rotatable bonds is 4. The molecule has 3 N–H and O–H groups in total. The fourth-order valence-corrected chi connectivity index (χ4v) is 4.56. The maximum atomic E-state index is 4.47. The van der Waals surface area contributed by atoms with E-state index in [2.05, 4.69) is 74.6 Å². The number of piperidine rings is 1. The Morgan fingerprint density at radius 2 is 1.93 bits per heavy atom. The molecule has 0 aliphatic carbocycles. The van der Waals surface area contributed by atoms with E-state index in [9.17, 15) is 0 Å². The van der Waals surface area contributed by atoms with E-state index in [0.29, 0.717) is 11.8 Å². The largest absolute Gasteiger partial charge is 0.354 e. The third-order valence-electron chi connectivity index (χ3n) is 6.06. The molecule has 154 valence electrons. The molecule has 0 saturated carbocycles. The summed E-state index contributed by atoms with van der Waals surface area (Å²) >= 11 is 0. The summed E-state index contributed by atoms with van der Waals surface area (Å²) in [7, 11) is 0. The molecule has 1 saturated heterocycles. The summed E-state index contributed by atoms with van der Waals surface area (Å²) in [5.41, 5.74) is 6.91. The van der Waals surface area contributed by atoms with Crippen molar-refractivity contribution < 1.29 is 0 Å². The molecule has 30 heavy (non-hydrogen) atoms.